The van der Waals surface area contributed by atoms with Crippen LogP contribution in [0.25, 0.3) is 0 Å². The van der Waals surface area contributed by atoms with Crippen LogP contribution < -0.4 is 5.73 Å². The fourth-order valence-corrected chi connectivity index (χ4v) is 4.82. The number of hydrogen-bond donors (Lipinski definition) is 2. The van der Waals surface area contributed by atoms with E-state index in [9.17, 15) is 14.3 Å². The fraction of sp³-hybridized carbons (Fsp3) is 0.964. The molecule has 222 valence electrons. The molecule has 0 fully saturated rings. The number of phosphoric acid groups is 1. The molecule has 2 unspecified atom stereocenters. The smallest absolute Gasteiger partial charge is 0.457 e. The van der Waals surface area contributed by atoms with Crippen LogP contribution in [0.5, 0.6) is 0 Å². The summed E-state index contributed by atoms with van der Waals surface area (Å²) in [6.07, 6.45) is 21.9. The Hall–Kier alpha value is -0.500. The lowest BCUT2D eigenvalue weighted by molar-refractivity contribution is -0.154. The normalized spacial score (nSPS) is 13.9. The first kappa shape index (κ1) is 36.5. The summed E-state index contributed by atoms with van der Waals surface area (Å²) in [5.74, 6) is -0.353. The molecule has 0 spiro atoms. The van der Waals surface area contributed by atoms with Crippen LogP contribution >= 0.6 is 7.82 Å². The van der Waals surface area contributed by atoms with Gasteiger partial charge in [0.15, 0.2) is 0 Å². The van der Waals surface area contributed by atoms with E-state index in [4.69, 9.17) is 24.3 Å². The summed E-state index contributed by atoms with van der Waals surface area (Å²) in [6.45, 7) is 4.75. The number of carbonyl (C=O) groups excluding carboxylic acids is 1. The molecular formula is C28H58NO7P. The van der Waals surface area contributed by atoms with Gasteiger partial charge in [-0.05, 0) is 12.8 Å². The van der Waals surface area contributed by atoms with E-state index in [0.717, 1.165) is 32.1 Å². The topological polar surface area (TPSA) is 117 Å². The quantitative estimate of drug-likeness (QED) is 0.0559. The maximum absolute atomic E-state index is 12.1. The minimum atomic E-state index is -4.24. The lowest BCUT2D eigenvalue weighted by Crippen LogP contribution is -2.28. The van der Waals surface area contributed by atoms with Crippen molar-refractivity contribution in [3.8, 4) is 0 Å². The van der Waals surface area contributed by atoms with Gasteiger partial charge in [0.25, 0.3) is 0 Å². The molecule has 0 aromatic carbocycles. The zero-order valence-electron chi connectivity index (χ0n) is 24.0. The van der Waals surface area contributed by atoms with Gasteiger partial charge in [-0.1, -0.05) is 117 Å². The van der Waals surface area contributed by atoms with E-state index in [2.05, 4.69) is 13.8 Å². The molecular weight excluding hydrogens is 493 g/mol. The van der Waals surface area contributed by atoms with E-state index in [1.165, 1.54) is 83.5 Å². The van der Waals surface area contributed by atoms with Crippen molar-refractivity contribution in [2.24, 2.45) is 5.73 Å². The Balaban J connectivity index is 3.89. The SMILES string of the molecule is CCCCCCCCCCCCCCCCCOCC(COP(=O)(O)OCCN)OC(=O)CCCCC. The highest BCUT2D eigenvalue weighted by Gasteiger charge is 2.25. The molecule has 0 saturated heterocycles. The van der Waals surface area contributed by atoms with Crippen molar-refractivity contribution < 1.29 is 32.8 Å². The summed E-state index contributed by atoms with van der Waals surface area (Å²) in [6, 6.07) is 0. The van der Waals surface area contributed by atoms with Gasteiger partial charge < -0.3 is 20.1 Å². The first-order chi connectivity index (χ1) is 17.9. The zero-order valence-corrected chi connectivity index (χ0v) is 24.9. The Bertz CT molecular complexity index is 551. The Morgan fingerprint density at radius 1 is 0.703 bits per heavy atom. The van der Waals surface area contributed by atoms with Crippen LogP contribution in [-0.2, 0) is 27.9 Å². The second kappa shape index (κ2) is 27.1. The number of phosphoric ester groups is 1. The van der Waals surface area contributed by atoms with Gasteiger partial charge in [-0.3, -0.25) is 13.8 Å². The van der Waals surface area contributed by atoms with E-state index < -0.39 is 13.9 Å². The summed E-state index contributed by atoms with van der Waals surface area (Å²) in [5.41, 5.74) is 5.29. The number of esters is 1. The van der Waals surface area contributed by atoms with Crippen LogP contribution in [0.1, 0.15) is 136 Å². The highest BCUT2D eigenvalue weighted by atomic mass is 31.2. The van der Waals surface area contributed by atoms with Crippen molar-refractivity contribution in [2.75, 3.05) is 33.0 Å². The van der Waals surface area contributed by atoms with Crippen LogP contribution in [0.2, 0.25) is 0 Å². The molecule has 0 saturated carbocycles. The maximum atomic E-state index is 12.1. The van der Waals surface area contributed by atoms with E-state index in [1.54, 1.807) is 0 Å². The monoisotopic (exact) mass is 551 g/mol. The predicted molar refractivity (Wildman–Crippen MR) is 151 cm³/mol. The van der Waals surface area contributed by atoms with Crippen LogP contribution in [0.3, 0.4) is 0 Å². The van der Waals surface area contributed by atoms with E-state index in [0.29, 0.717) is 13.0 Å². The number of unbranched alkanes of at least 4 members (excludes halogenated alkanes) is 16. The summed E-state index contributed by atoms with van der Waals surface area (Å²) in [4.78, 5) is 21.8. The lowest BCUT2D eigenvalue weighted by atomic mass is 10.0. The summed E-state index contributed by atoms with van der Waals surface area (Å²) in [7, 11) is -4.24. The van der Waals surface area contributed by atoms with E-state index >= 15 is 0 Å². The third-order valence-corrected chi connectivity index (χ3v) is 7.26. The van der Waals surface area contributed by atoms with Crippen molar-refractivity contribution in [1.82, 2.24) is 0 Å². The second-order valence-electron chi connectivity index (χ2n) is 9.98. The van der Waals surface area contributed by atoms with E-state index in [1.807, 2.05) is 0 Å². The molecule has 0 aromatic heterocycles. The minimum absolute atomic E-state index is 0.0923. The van der Waals surface area contributed by atoms with Gasteiger partial charge in [0.2, 0.25) is 0 Å². The first-order valence-electron chi connectivity index (χ1n) is 15.0. The van der Waals surface area contributed by atoms with Gasteiger partial charge in [0.1, 0.15) is 6.10 Å². The molecule has 0 radical (unpaired) electrons. The molecule has 3 N–H and O–H groups in total. The van der Waals surface area contributed by atoms with Gasteiger partial charge in [0.05, 0.1) is 19.8 Å². The molecule has 2 atom stereocenters. The summed E-state index contributed by atoms with van der Waals surface area (Å²) >= 11 is 0. The molecule has 0 aromatic rings. The molecule has 8 nitrogen and oxygen atoms in total. The van der Waals surface area contributed by atoms with Gasteiger partial charge in [-0.25, -0.2) is 4.57 Å². The fourth-order valence-electron chi connectivity index (χ4n) is 4.05. The molecule has 0 aliphatic carbocycles. The highest BCUT2D eigenvalue weighted by Crippen LogP contribution is 2.43. The Morgan fingerprint density at radius 3 is 1.70 bits per heavy atom. The van der Waals surface area contributed by atoms with Crippen LogP contribution in [0.4, 0.5) is 0 Å². The van der Waals surface area contributed by atoms with Crippen molar-refractivity contribution in [1.29, 1.82) is 0 Å². The third kappa shape index (κ3) is 26.9. The third-order valence-electron chi connectivity index (χ3n) is 6.27. The average Bonchev–Trinajstić information content (AvgIpc) is 2.88. The van der Waals surface area contributed by atoms with Crippen LogP contribution in [0, 0.1) is 0 Å². The Kier molecular flexibility index (Phi) is 26.7. The molecule has 0 aliphatic rings. The number of rotatable bonds is 29. The molecule has 37 heavy (non-hydrogen) atoms. The average molecular weight is 552 g/mol. The molecule has 0 aliphatic heterocycles. The van der Waals surface area contributed by atoms with Crippen LogP contribution in [0.15, 0.2) is 0 Å². The highest BCUT2D eigenvalue weighted by molar-refractivity contribution is 7.47. The van der Waals surface area contributed by atoms with Gasteiger partial charge in [-0.15, -0.1) is 0 Å². The summed E-state index contributed by atoms with van der Waals surface area (Å²) < 4.78 is 32.7. The minimum Gasteiger partial charge on any atom is -0.457 e. The van der Waals surface area contributed by atoms with Crippen LogP contribution in [-0.4, -0.2) is 49.9 Å². The van der Waals surface area contributed by atoms with Crippen molar-refractivity contribution in [3.05, 3.63) is 0 Å². The largest absolute Gasteiger partial charge is 0.472 e. The summed E-state index contributed by atoms with van der Waals surface area (Å²) in [5, 5.41) is 0. The standard InChI is InChI=1S/C28H58NO7P/c1-3-5-7-8-9-10-11-12-13-14-15-16-17-18-20-23-33-25-27(36-28(30)21-19-6-4-2)26-35-37(31,32)34-24-22-29/h27H,3-26,29H2,1-2H3,(H,31,32). The van der Waals surface area contributed by atoms with Gasteiger partial charge >= 0.3 is 13.8 Å². The predicted octanol–water partition coefficient (Wildman–Crippen LogP) is 7.46. The lowest BCUT2D eigenvalue weighted by Gasteiger charge is -2.20. The van der Waals surface area contributed by atoms with Crippen molar-refractivity contribution in [2.45, 2.75) is 142 Å². The van der Waals surface area contributed by atoms with Gasteiger partial charge in [-0.2, -0.15) is 0 Å². The van der Waals surface area contributed by atoms with Crippen molar-refractivity contribution >= 4 is 13.8 Å². The Labute approximate surface area is 227 Å². The molecule has 0 amide bonds. The number of ether oxygens (including phenoxy) is 2. The van der Waals surface area contributed by atoms with Gasteiger partial charge in [0, 0.05) is 19.6 Å². The molecule has 0 rings (SSSR count). The van der Waals surface area contributed by atoms with E-state index in [-0.39, 0.29) is 32.3 Å². The molecule has 0 heterocycles. The van der Waals surface area contributed by atoms with Crippen molar-refractivity contribution in [3.63, 3.8) is 0 Å². The first-order valence-corrected chi connectivity index (χ1v) is 16.5. The Morgan fingerprint density at radius 2 is 1.19 bits per heavy atom. The number of nitrogens with two attached hydrogens (primary N) is 1. The number of hydrogen-bond acceptors (Lipinski definition) is 7. The maximum Gasteiger partial charge on any atom is 0.472 e. The zero-order chi connectivity index (χ0) is 27.5. The number of carbonyl (C=O) groups is 1. The second-order valence-corrected chi connectivity index (χ2v) is 11.4. The molecule has 0 bridgehead atoms. The molecule has 9 heteroatoms.